The molecule has 0 aliphatic heterocycles. The van der Waals surface area contributed by atoms with E-state index in [0.717, 1.165) is 6.07 Å². The Kier molecular flexibility index (Phi) is 7.42. The van der Waals surface area contributed by atoms with Crippen molar-refractivity contribution in [2.24, 2.45) is 0 Å². The molecule has 0 aliphatic rings. The van der Waals surface area contributed by atoms with Gasteiger partial charge in [0.1, 0.15) is 17.5 Å². The molecule has 0 aliphatic carbocycles. The number of aryl methyl sites for hydroxylation is 1. The summed E-state index contributed by atoms with van der Waals surface area (Å²) in [6.45, 7) is 2.28. The molecule has 2 aromatic carbocycles. The minimum atomic E-state index is -4.86. The molecule has 0 atom stereocenters. The number of rotatable bonds is 9. The van der Waals surface area contributed by atoms with E-state index in [4.69, 9.17) is 19.9 Å². The lowest BCUT2D eigenvalue weighted by atomic mass is 10.1. The van der Waals surface area contributed by atoms with Crippen molar-refractivity contribution in [3.05, 3.63) is 47.0 Å². The van der Waals surface area contributed by atoms with Crippen LogP contribution in [0.5, 0.6) is 11.5 Å². The first-order valence-corrected chi connectivity index (χ1v) is 10.0. The standard InChI is InChI=1S/C22H24F4N4O3/c1-12-29-17-10-18(32-3)19(33-6-4-5-31-2)9-15(17)21(30-12)28-11-13-7-14(27)8-16(20(13)23)22(24,25)26/h7-10H,4-6,11,27H2,1-3H3,(H,28,29,30). The molecule has 0 saturated carbocycles. The zero-order valence-electron chi connectivity index (χ0n) is 18.3. The molecule has 3 aromatic rings. The van der Waals surface area contributed by atoms with E-state index < -0.39 is 17.6 Å². The number of methoxy groups -OCH3 is 2. The van der Waals surface area contributed by atoms with Crippen molar-refractivity contribution in [1.29, 1.82) is 0 Å². The van der Waals surface area contributed by atoms with Crippen molar-refractivity contribution in [3.63, 3.8) is 0 Å². The van der Waals surface area contributed by atoms with Crippen LogP contribution in [-0.2, 0) is 17.5 Å². The van der Waals surface area contributed by atoms with Gasteiger partial charge < -0.3 is 25.3 Å². The molecule has 7 nitrogen and oxygen atoms in total. The van der Waals surface area contributed by atoms with Crippen molar-refractivity contribution in [2.75, 3.05) is 38.5 Å². The number of alkyl halides is 3. The number of hydrogen-bond acceptors (Lipinski definition) is 7. The van der Waals surface area contributed by atoms with Crippen molar-refractivity contribution < 1.29 is 31.8 Å². The van der Waals surface area contributed by atoms with Crippen molar-refractivity contribution >= 4 is 22.4 Å². The van der Waals surface area contributed by atoms with Gasteiger partial charge in [0.2, 0.25) is 0 Å². The summed E-state index contributed by atoms with van der Waals surface area (Å²) in [5.74, 6) is 0.219. The highest BCUT2D eigenvalue weighted by atomic mass is 19.4. The topological polar surface area (TPSA) is 91.5 Å². The van der Waals surface area contributed by atoms with Crippen molar-refractivity contribution in [2.45, 2.75) is 26.1 Å². The molecule has 0 radical (unpaired) electrons. The number of nitrogens with zero attached hydrogens (tertiary/aromatic N) is 2. The van der Waals surface area contributed by atoms with Crippen LogP contribution < -0.4 is 20.5 Å². The van der Waals surface area contributed by atoms with Gasteiger partial charge in [0, 0.05) is 49.4 Å². The van der Waals surface area contributed by atoms with Crippen LogP contribution in [0.4, 0.5) is 29.1 Å². The molecule has 0 bridgehead atoms. The van der Waals surface area contributed by atoms with E-state index >= 15 is 0 Å². The van der Waals surface area contributed by atoms with Crippen LogP contribution >= 0.6 is 0 Å². The summed E-state index contributed by atoms with van der Waals surface area (Å²) in [5.41, 5.74) is 4.24. The van der Waals surface area contributed by atoms with Crippen LogP contribution in [0.1, 0.15) is 23.4 Å². The maximum atomic E-state index is 14.5. The lowest BCUT2D eigenvalue weighted by molar-refractivity contribution is -0.140. The minimum Gasteiger partial charge on any atom is -0.493 e. The van der Waals surface area contributed by atoms with E-state index in [1.54, 1.807) is 26.2 Å². The Morgan fingerprint density at radius 1 is 1.03 bits per heavy atom. The van der Waals surface area contributed by atoms with E-state index in [9.17, 15) is 17.6 Å². The van der Waals surface area contributed by atoms with Gasteiger partial charge in [-0.25, -0.2) is 14.4 Å². The Morgan fingerprint density at radius 3 is 2.45 bits per heavy atom. The highest BCUT2D eigenvalue weighted by Gasteiger charge is 2.35. The first kappa shape index (κ1) is 24.3. The summed E-state index contributed by atoms with van der Waals surface area (Å²) >= 11 is 0. The van der Waals surface area contributed by atoms with Gasteiger partial charge in [-0.05, 0) is 25.1 Å². The summed E-state index contributed by atoms with van der Waals surface area (Å²) < 4.78 is 70.1. The van der Waals surface area contributed by atoms with Gasteiger partial charge in [-0.2, -0.15) is 13.2 Å². The molecular weight excluding hydrogens is 444 g/mol. The monoisotopic (exact) mass is 468 g/mol. The van der Waals surface area contributed by atoms with Crippen LogP contribution in [0, 0.1) is 12.7 Å². The average molecular weight is 468 g/mol. The third-order valence-electron chi connectivity index (χ3n) is 4.77. The molecule has 3 N–H and O–H groups in total. The van der Waals surface area contributed by atoms with Crippen LogP contribution in [0.15, 0.2) is 24.3 Å². The molecular formula is C22H24F4N4O3. The molecule has 0 spiro atoms. The lowest BCUT2D eigenvalue weighted by Crippen LogP contribution is -2.13. The van der Waals surface area contributed by atoms with Crippen LogP contribution in [-0.4, -0.2) is 37.4 Å². The fourth-order valence-corrected chi connectivity index (χ4v) is 3.27. The second-order valence-electron chi connectivity index (χ2n) is 7.23. The van der Waals surface area contributed by atoms with Crippen LogP contribution in [0.3, 0.4) is 0 Å². The van der Waals surface area contributed by atoms with E-state index in [1.165, 1.54) is 7.11 Å². The number of aromatic nitrogens is 2. The number of hydrogen-bond donors (Lipinski definition) is 2. The number of benzene rings is 2. The van der Waals surface area contributed by atoms with Gasteiger partial charge in [-0.15, -0.1) is 0 Å². The Hall–Kier alpha value is -3.34. The second kappa shape index (κ2) is 10.1. The molecule has 33 heavy (non-hydrogen) atoms. The highest BCUT2D eigenvalue weighted by Crippen LogP contribution is 2.36. The smallest absolute Gasteiger partial charge is 0.419 e. The first-order valence-electron chi connectivity index (χ1n) is 10.0. The summed E-state index contributed by atoms with van der Waals surface area (Å²) in [6.07, 6.45) is -4.21. The predicted molar refractivity (Wildman–Crippen MR) is 116 cm³/mol. The van der Waals surface area contributed by atoms with Crippen LogP contribution in [0.2, 0.25) is 0 Å². The molecule has 3 rings (SSSR count). The summed E-state index contributed by atoms with van der Waals surface area (Å²) in [5, 5.41) is 3.43. The Labute approximate surface area is 187 Å². The number of ether oxygens (including phenoxy) is 3. The molecule has 0 amide bonds. The quantitative estimate of drug-likeness (QED) is 0.267. The third-order valence-corrected chi connectivity index (χ3v) is 4.77. The Morgan fingerprint density at radius 2 is 1.79 bits per heavy atom. The minimum absolute atomic E-state index is 0.194. The lowest BCUT2D eigenvalue weighted by Gasteiger charge is -2.16. The fraction of sp³-hybridized carbons (Fsp3) is 0.364. The number of halogens is 4. The largest absolute Gasteiger partial charge is 0.493 e. The Balaban J connectivity index is 1.95. The SMILES string of the molecule is COCCCOc1cc2c(NCc3cc(N)cc(C(F)(F)F)c3F)nc(C)nc2cc1OC. The number of nitrogens with two attached hydrogens (primary N) is 1. The summed E-state index contributed by atoms with van der Waals surface area (Å²) in [7, 11) is 3.09. The number of nitrogens with one attached hydrogen (secondary N) is 1. The molecule has 178 valence electrons. The van der Waals surface area contributed by atoms with Gasteiger partial charge in [0.05, 0.1) is 24.8 Å². The molecule has 1 aromatic heterocycles. The maximum absolute atomic E-state index is 14.5. The maximum Gasteiger partial charge on any atom is 0.419 e. The zero-order chi connectivity index (χ0) is 24.2. The van der Waals surface area contributed by atoms with E-state index in [-0.39, 0.29) is 17.8 Å². The summed E-state index contributed by atoms with van der Waals surface area (Å²) in [6, 6.07) is 5.06. The number of anilines is 2. The van der Waals surface area contributed by atoms with Crippen molar-refractivity contribution in [1.82, 2.24) is 9.97 Å². The molecule has 1 heterocycles. The predicted octanol–water partition coefficient (Wildman–Crippen LogP) is 4.71. The molecule has 0 unspecified atom stereocenters. The summed E-state index contributed by atoms with van der Waals surface area (Å²) in [4.78, 5) is 8.71. The molecule has 0 saturated heterocycles. The first-order chi connectivity index (χ1) is 15.6. The molecule has 0 fully saturated rings. The van der Waals surface area contributed by atoms with Crippen molar-refractivity contribution in [3.8, 4) is 11.5 Å². The normalized spacial score (nSPS) is 11.6. The molecule has 11 heteroatoms. The Bertz CT molecular complexity index is 1140. The van der Waals surface area contributed by atoms with Gasteiger partial charge in [-0.1, -0.05) is 0 Å². The third kappa shape index (κ3) is 5.72. The van der Waals surface area contributed by atoms with Gasteiger partial charge in [0.15, 0.2) is 11.5 Å². The van der Waals surface area contributed by atoms with E-state index in [0.29, 0.717) is 59.7 Å². The van der Waals surface area contributed by atoms with Gasteiger partial charge in [-0.3, -0.25) is 0 Å². The van der Waals surface area contributed by atoms with E-state index in [2.05, 4.69) is 15.3 Å². The van der Waals surface area contributed by atoms with Crippen LogP contribution in [0.25, 0.3) is 10.9 Å². The number of fused-ring (bicyclic) bond motifs is 1. The van der Waals surface area contributed by atoms with Gasteiger partial charge >= 0.3 is 6.18 Å². The zero-order valence-corrected chi connectivity index (χ0v) is 18.3. The second-order valence-corrected chi connectivity index (χ2v) is 7.23. The van der Waals surface area contributed by atoms with Gasteiger partial charge in [0.25, 0.3) is 0 Å². The number of nitrogen functional groups attached to an aromatic ring is 1. The fourth-order valence-electron chi connectivity index (χ4n) is 3.27. The average Bonchev–Trinajstić information content (AvgIpc) is 2.75. The van der Waals surface area contributed by atoms with E-state index in [1.807, 2.05) is 0 Å². The highest BCUT2D eigenvalue weighted by molar-refractivity contribution is 5.91.